The van der Waals surface area contributed by atoms with Gasteiger partial charge >= 0.3 is 0 Å². The second-order valence-corrected chi connectivity index (χ2v) is 10.8. The summed E-state index contributed by atoms with van der Waals surface area (Å²) in [7, 11) is 0. The quantitative estimate of drug-likeness (QED) is 0.462. The molecule has 2 aromatic heterocycles. The van der Waals surface area contributed by atoms with Crippen molar-refractivity contribution in [3.05, 3.63) is 47.2 Å². The fourth-order valence-electron chi connectivity index (χ4n) is 4.45. The summed E-state index contributed by atoms with van der Waals surface area (Å²) in [5.41, 5.74) is 2.49. The molecule has 2 aliphatic rings. The van der Waals surface area contributed by atoms with Gasteiger partial charge in [0.1, 0.15) is 10.6 Å². The predicted octanol–water partition coefficient (Wildman–Crippen LogP) is 4.79. The number of aromatic nitrogens is 3. The topological polar surface area (TPSA) is 92.2 Å². The highest BCUT2D eigenvalue weighted by Crippen LogP contribution is 2.44. The van der Waals surface area contributed by atoms with E-state index in [2.05, 4.69) is 57.6 Å². The Morgan fingerprint density at radius 2 is 2.06 bits per heavy atom. The van der Waals surface area contributed by atoms with E-state index in [9.17, 15) is 5.11 Å². The Morgan fingerprint density at radius 1 is 1.18 bits per heavy atom. The lowest BCUT2D eigenvalue weighted by molar-refractivity contribution is -0.0389. The number of rotatable bonds is 7. The highest BCUT2D eigenvalue weighted by atomic mass is 32.1. The van der Waals surface area contributed by atoms with Crippen LogP contribution < -0.4 is 15.4 Å². The first kappa shape index (κ1) is 22.3. The van der Waals surface area contributed by atoms with E-state index >= 15 is 0 Å². The molecule has 0 spiro atoms. The molecule has 5 rings (SSSR count). The number of benzene rings is 1. The number of ether oxygens (including phenoxy) is 1. The number of aryl methyl sites for hydroxylation is 1. The summed E-state index contributed by atoms with van der Waals surface area (Å²) in [5, 5.41) is 18.2. The molecule has 1 saturated carbocycles. The maximum absolute atomic E-state index is 10.6. The van der Waals surface area contributed by atoms with Gasteiger partial charge in [0.05, 0.1) is 11.5 Å². The van der Waals surface area contributed by atoms with E-state index in [1.807, 2.05) is 6.20 Å². The first-order valence-corrected chi connectivity index (χ1v) is 12.5. The molecule has 33 heavy (non-hydrogen) atoms. The molecule has 3 aromatic rings. The normalized spacial score (nSPS) is 21.9. The molecule has 8 heteroatoms. The molecule has 1 saturated heterocycles. The fourth-order valence-corrected chi connectivity index (χ4v) is 5.50. The minimum Gasteiger partial charge on any atom is -0.477 e. The van der Waals surface area contributed by atoms with Crippen LogP contribution in [0.1, 0.15) is 49.6 Å². The zero-order valence-corrected chi connectivity index (χ0v) is 20.0. The Bertz CT molecular complexity index is 1120. The largest absolute Gasteiger partial charge is 0.477 e. The highest BCUT2D eigenvalue weighted by molar-refractivity contribution is 7.15. The molecule has 3 heterocycles. The Balaban J connectivity index is 1.29. The minimum atomic E-state index is -0.729. The van der Waals surface area contributed by atoms with E-state index in [1.165, 1.54) is 6.42 Å². The van der Waals surface area contributed by atoms with Crippen molar-refractivity contribution >= 4 is 23.0 Å². The molecule has 1 aliphatic heterocycles. The van der Waals surface area contributed by atoms with E-state index in [0.717, 1.165) is 65.5 Å². The van der Waals surface area contributed by atoms with Crippen molar-refractivity contribution in [3.8, 4) is 16.3 Å². The van der Waals surface area contributed by atoms with Crippen LogP contribution >= 0.6 is 11.3 Å². The van der Waals surface area contributed by atoms with Crippen molar-refractivity contribution in [2.24, 2.45) is 5.41 Å². The van der Waals surface area contributed by atoms with Crippen molar-refractivity contribution in [1.29, 1.82) is 0 Å². The zero-order chi connectivity index (χ0) is 22.9. The van der Waals surface area contributed by atoms with Gasteiger partial charge in [0.15, 0.2) is 0 Å². The van der Waals surface area contributed by atoms with Crippen molar-refractivity contribution in [1.82, 2.24) is 20.3 Å². The number of hydrogen-bond acceptors (Lipinski definition) is 8. The van der Waals surface area contributed by atoms with Gasteiger partial charge < -0.3 is 20.5 Å². The summed E-state index contributed by atoms with van der Waals surface area (Å²) in [4.78, 5) is 14.5. The average Bonchev–Trinajstić information content (AvgIpc) is 3.27. The summed E-state index contributed by atoms with van der Waals surface area (Å²) < 4.78 is 6.03. The summed E-state index contributed by atoms with van der Waals surface area (Å²) in [6.45, 7) is 6.99. The van der Waals surface area contributed by atoms with Crippen LogP contribution in [0.25, 0.3) is 10.4 Å². The van der Waals surface area contributed by atoms with Gasteiger partial charge in [-0.2, -0.15) is 4.98 Å². The monoisotopic (exact) mass is 465 g/mol. The first-order chi connectivity index (χ1) is 15.9. The molecule has 2 fully saturated rings. The molecule has 1 unspecified atom stereocenters. The van der Waals surface area contributed by atoms with Crippen molar-refractivity contribution in [2.75, 3.05) is 25.0 Å². The number of thiazole rings is 1. The SMILES string of the molecule is Cc1cc(Nc2nccc(OCC3(C)CCCNC3)n2)cc(-c2cnc(C3(O)CCC3)s2)c1. The molecule has 7 nitrogen and oxygen atoms in total. The number of aliphatic hydroxyl groups is 1. The van der Waals surface area contributed by atoms with Crippen LogP contribution in [0.4, 0.5) is 11.6 Å². The molecule has 1 atom stereocenters. The molecular weight excluding hydrogens is 434 g/mol. The van der Waals surface area contributed by atoms with Crippen LogP contribution in [0.2, 0.25) is 0 Å². The number of piperidine rings is 1. The van der Waals surface area contributed by atoms with Gasteiger partial charge in [-0.25, -0.2) is 9.97 Å². The van der Waals surface area contributed by atoms with E-state index < -0.39 is 5.60 Å². The van der Waals surface area contributed by atoms with Gasteiger partial charge in [0.2, 0.25) is 11.8 Å². The number of nitrogens with zero attached hydrogens (tertiary/aromatic N) is 3. The first-order valence-electron chi connectivity index (χ1n) is 11.7. The van der Waals surface area contributed by atoms with Gasteiger partial charge in [0, 0.05) is 36.1 Å². The van der Waals surface area contributed by atoms with Gasteiger partial charge in [-0.1, -0.05) is 13.0 Å². The van der Waals surface area contributed by atoms with Gasteiger partial charge in [-0.3, -0.25) is 0 Å². The predicted molar refractivity (Wildman–Crippen MR) is 131 cm³/mol. The maximum Gasteiger partial charge on any atom is 0.230 e. The lowest BCUT2D eigenvalue weighted by atomic mass is 9.81. The summed E-state index contributed by atoms with van der Waals surface area (Å²) >= 11 is 1.57. The van der Waals surface area contributed by atoms with E-state index in [1.54, 1.807) is 23.6 Å². The Hall–Kier alpha value is -2.55. The second-order valence-electron chi connectivity index (χ2n) is 9.73. The van der Waals surface area contributed by atoms with Crippen LogP contribution in [-0.4, -0.2) is 39.8 Å². The van der Waals surface area contributed by atoms with Crippen LogP contribution in [0.5, 0.6) is 5.88 Å². The van der Waals surface area contributed by atoms with Gasteiger partial charge in [-0.15, -0.1) is 11.3 Å². The van der Waals surface area contributed by atoms with Crippen LogP contribution in [-0.2, 0) is 5.60 Å². The van der Waals surface area contributed by atoms with E-state index in [-0.39, 0.29) is 5.41 Å². The van der Waals surface area contributed by atoms with E-state index in [0.29, 0.717) is 18.4 Å². The molecule has 0 radical (unpaired) electrons. The zero-order valence-electron chi connectivity index (χ0n) is 19.2. The summed E-state index contributed by atoms with van der Waals surface area (Å²) in [5.74, 6) is 1.08. The Kier molecular flexibility index (Phi) is 6.07. The van der Waals surface area contributed by atoms with Crippen LogP contribution in [0.3, 0.4) is 0 Å². The highest BCUT2D eigenvalue weighted by Gasteiger charge is 2.39. The molecule has 0 bridgehead atoms. The summed E-state index contributed by atoms with van der Waals surface area (Å²) in [6.07, 6.45) is 8.56. The molecule has 3 N–H and O–H groups in total. The number of nitrogens with one attached hydrogen (secondary N) is 2. The molecule has 174 valence electrons. The van der Waals surface area contributed by atoms with Crippen molar-refractivity contribution < 1.29 is 9.84 Å². The lowest BCUT2D eigenvalue weighted by Gasteiger charge is -2.34. The fraction of sp³-hybridized carbons (Fsp3) is 0.480. The third-order valence-corrected chi connectivity index (χ3v) is 7.83. The smallest absolute Gasteiger partial charge is 0.230 e. The molecule has 1 aromatic carbocycles. The van der Waals surface area contributed by atoms with Crippen molar-refractivity contribution in [3.63, 3.8) is 0 Å². The number of anilines is 2. The second kappa shape index (κ2) is 9.00. The third-order valence-electron chi connectivity index (χ3n) is 6.59. The number of hydrogen-bond donors (Lipinski definition) is 3. The third kappa shape index (κ3) is 5.03. The van der Waals surface area contributed by atoms with E-state index in [4.69, 9.17) is 4.74 Å². The van der Waals surface area contributed by atoms with Crippen LogP contribution in [0.15, 0.2) is 36.7 Å². The minimum absolute atomic E-state index is 0.127. The Morgan fingerprint density at radius 3 is 2.82 bits per heavy atom. The van der Waals surface area contributed by atoms with Gasteiger partial charge in [0.25, 0.3) is 0 Å². The molecule has 1 aliphatic carbocycles. The van der Waals surface area contributed by atoms with Crippen LogP contribution in [0, 0.1) is 12.3 Å². The van der Waals surface area contributed by atoms with Crippen molar-refractivity contribution in [2.45, 2.75) is 51.6 Å². The lowest BCUT2D eigenvalue weighted by Crippen LogP contribution is -2.41. The Labute approximate surface area is 198 Å². The maximum atomic E-state index is 10.6. The summed E-state index contributed by atoms with van der Waals surface area (Å²) in [6, 6.07) is 8.07. The molecular formula is C25H31N5O2S. The van der Waals surface area contributed by atoms with Gasteiger partial charge in [-0.05, 0) is 68.8 Å². The molecule has 0 amide bonds. The average molecular weight is 466 g/mol. The standard InChI is InChI=1S/C25H31N5O2S/c1-17-11-18(20-14-28-22(33-20)25(31)7-3-8-25)13-19(12-17)29-23-27-10-5-21(30-23)32-16-24(2)6-4-9-26-15-24/h5,10-14,26,31H,3-4,6-9,15-16H2,1-2H3,(H,27,29,30).